The van der Waals surface area contributed by atoms with Crippen LogP contribution in [0.5, 0.6) is 0 Å². The van der Waals surface area contributed by atoms with E-state index in [2.05, 4.69) is 11.4 Å². The van der Waals surface area contributed by atoms with Gasteiger partial charge in [0.1, 0.15) is 11.9 Å². The Morgan fingerprint density at radius 3 is 2.58 bits per heavy atom. The van der Waals surface area contributed by atoms with Crippen LogP contribution >= 0.6 is 0 Å². The van der Waals surface area contributed by atoms with E-state index in [4.69, 9.17) is 10.5 Å². The second kappa shape index (κ2) is 5.66. The summed E-state index contributed by atoms with van der Waals surface area (Å²) in [6.45, 7) is 0.352. The Kier molecular flexibility index (Phi) is 3.75. The maximum absolute atomic E-state index is 13.3. The van der Waals surface area contributed by atoms with Gasteiger partial charge in [-0.3, -0.25) is 0 Å². The number of halogens is 1. The number of nitrogens with zero attached hydrogens (tertiary/aromatic N) is 2. The van der Waals surface area contributed by atoms with Gasteiger partial charge in [-0.15, -0.1) is 0 Å². The van der Waals surface area contributed by atoms with Crippen LogP contribution in [0.4, 0.5) is 10.1 Å². The Balaban J connectivity index is 2.17. The lowest BCUT2D eigenvalue weighted by Gasteiger charge is -2.08. The average Bonchev–Trinajstić information content (AvgIpc) is 2.44. The smallest absolute Gasteiger partial charge is 0.124 e. The molecule has 0 saturated heterocycles. The van der Waals surface area contributed by atoms with E-state index in [1.165, 1.54) is 12.1 Å². The lowest BCUT2D eigenvalue weighted by molar-refractivity contribution is 0.625. The predicted molar refractivity (Wildman–Crippen MR) is 69.6 cm³/mol. The Labute approximate surface area is 110 Å². The molecule has 0 amide bonds. The summed E-state index contributed by atoms with van der Waals surface area (Å²) in [6, 6.07) is 15.2. The molecule has 2 aromatic carbocycles. The van der Waals surface area contributed by atoms with E-state index in [0.717, 1.165) is 0 Å². The zero-order valence-electron chi connectivity index (χ0n) is 10.0. The fraction of sp³-hybridized carbons (Fsp3) is 0.0667. The molecule has 0 saturated carbocycles. The molecule has 0 aliphatic carbocycles. The zero-order chi connectivity index (χ0) is 13.7. The fourth-order valence-electron chi connectivity index (χ4n) is 1.75. The third-order valence-electron chi connectivity index (χ3n) is 2.62. The topological polar surface area (TPSA) is 59.6 Å². The van der Waals surface area contributed by atoms with E-state index < -0.39 is 5.82 Å². The predicted octanol–water partition coefficient (Wildman–Crippen LogP) is 3.18. The monoisotopic (exact) mass is 251 g/mol. The minimum atomic E-state index is -0.440. The van der Waals surface area contributed by atoms with Gasteiger partial charge in [-0.1, -0.05) is 12.1 Å². The highest BCUT2D eigenvalue weighted by atomic mass is 19.1. The van der Waals surface area contributed by atoms with Gasteiger partial charge >= 0.3 is 0 Å². The first kappa shape index (κ1) is 12.6. The summed E-state index contributed by atoms with van der Waals surface area (Å²) in [4.78, 5) is 0. The number of para-hydroxylation sites is 1. The van der Waals surface area contributed by atoms with Crippen molar-refractivity contribution in [2.24, 2.45) is 0 Å². The normalized spacial score (nSPS) is 9.42. The van der Waals surface area contributed by atoms with Gasteiger partial charge in [-0.25, -0.2) is 4.39 Å². The largest absolute Gasteiger partial charge is 0.380 e. The van der Waals surface area contributed by atoms with Gasteiger partial charge in [0.05, 0.1) is 22.9 Å². The van der Waals surface area contributed by atoms with Crippen molar-refractivity contribution < 1.29 is 4.39 Å². The van der Waals surface area contributed by atoms with Gasteiger partial charge in [0.15, 0.2) is 0 Å². The summed E-state index contributed by atoms with van der Waals surface area (Å²) in [6.07, 6.45) is 0. The average molecular weight is 251 g/mol. The number of anilines is 1. The first-order valence-electron chi connectivity index (χ1n) is 5.65. The Bertz CT molecular complexity index is 681. The van der Waals surface area contributed by atoms with Crippen LogP contribution < -0.4 is 5.32 Å². The van der Waals surface area contributed by atoms with Crippen LogP contribution in [-0.2, 0) is 6.54 Å². The molecule has 2 rings (SSSR count). The SMILES string of the molecule is N#Cc1cc(F)cc(CNc2ccccc2C#N)c1. The molecule has 92 valence electrons. The highest BCUT2D eigenvalue weighted by Crippen LogP contribution is 2.16. The minimum Gasteiger partial charge on any atom is -0.380 e. The summed E-state index contributed by atoms with van der Waals surface area (Å²) >= 11 is 0. The Morgan fingerprint density at radius 1 is 1.05 bits per heavy atom. The third kappa shape index (κ3) is 3.08. The summed E-state index contributed by atoms with van der Waals surface area (Å²) < 4.78 is 13.3. The molecule has 0 aliphatic heterocycles. The van der Waals surface area contributed by atoms with E-state index in [1.807, 2.05) is 12.1 Å². The van der Waals surface area contributed by atoms with Crippen molar-refractivity contribution in [1.82, 2.24) is 0 Å². The van der Waals surface area contributed by atoms with Gasteiger partial charge < -0.3 is 5.32 Å². The van der Waals surface area contributed by atoms with Crippen molar-refractivity contribution in [3.05, 3.63) is 65.0 Å². The Hall–Kier alpha value is -2.85. The van der Waals surface area contributed by atoms with Crippen molar-refractivity contribution >= 4 is 5.69 Å². The van der Waals surface area contributed by atoms with E-state index in [9.17, 15) is 4.39 Å². The molecule has 0 unspecified atom stereocenters. The molecular formula is C15H10FN3. The maximum atomic E-state index is 13.3. The molecule has 0 radical (unpaired) electrons. The zero-order valence-corrected chi connectivity index (χ0v) is 10.0. The second-order valence-electron chi connectivity index (χ2n) is 3.97. The van der Waals surface area contributed by atoms with Crippen LogP contribution in [0.25, 0.3) is 0 Å². The molecule has 0 heterocycles. The first-order chi connectivity index (χ1) is 9.22. The number of nitriles is 2. The van der Waals surface area contributed by atoms with Crippen molar-refractivity contribution in [3.8, 4) is 12.1 Å². The van der Waals surface area contributed by atoms with E-state index in [0.29, 0.717) is 23.4 Å². The van der Waals surface area contributed by atoms with E-state index >= 15 is 0 Å². The molecule has 0 atom stereocenters. The van der Waals surface area contributed by atoms with Crippen LogP contribution in [0.3, 0.4) is 0 Å². The summed E-state index contributed by atoms with van der Waals surface area (Å²) in [5, 5.41) is 20.8. The van der Waals surface area contributed by atoms with Crippen molar-refractivity contribution in [2.75, 3.05) is 5.32 Å². The number of rotatable bonds is 3. The van der Waals surface area contributed by atoms with Crippen LogP contribution in [0.2, 0.25) is 0 Å². The van der Waals surface area contributed by atoms with Crippen LogP contribution in [0.15, 0.2) is 42.5 Å². The molecule has 0 bridgehead atoms. The van der Waals surface area contributed by atoms with Crippen LogP contribution in [0, 0.1) is 28.5 Å². The summed E-state index contributed by atoms with van der Waals surface area (Å²) in [5.74, 6) is -0.440. The molecule has 1 N–H and O–H groups in total. The quantitative estimate of drug-likeness (QED) is 0.911. The summed E-state index contributed by atoms with van der Waals surface area (Å²) in [7, 11) is 0. The van der Waals surface area contributed by atoms with Gasteiger partial charge in [0.2, 0.25) is 0 Å². The summed E-state index contributed by atoms with van der Waals surface area (Å²) in [5.41, 5.74) is 2.15. The highest BCUT2D eigenvalue weighted by Gasteiger charge is 2.03. The van der Waals surface area contributed by atoms with Gasteiger partial charge in [0, 0.05) is 6.54 Å². The third-order valence-corrected chi connectivity index (χ3v) is 2.62. The molecular weight excluding hydrogens is 241 g/mol. The Morgan fingerprint density at radius 2 is 1.84 bits per heavy atom. The molecule has 3 nitrogen and oxygen atoms in total. The van der Waals surface area contributed by atoms with Crippen LogP contribution in [-0.4, -0.2) is 0 Å². The lowest BCUT2D eigenvalue weighted by atomic mass is 10.1. The highest BCUT2D eigenvalue weighted by molar-refractivity contribution is 5.57. The second-order valence-corrected chi connectivity index (χ2v) is 3.97. The minimum absolute atomic E-state index is 0.283. The van der Waals surface area contributed by atoms with Crippen LogP contribution in [0.1, 0.15) is 16.7 Å². The molecule has 0 fully saturated rings. The van der Waals surface area contributed by atoms with Crippen molar-refractivity contribution in [3.63, 3.8) is 0 Å². The van der Waals surface area contributed by atoms with Gasteiger partial charge in [-0.05, 0) is 35.9 Å². The number of benzene rings is 2. The molecule has 0 aliphatic rings. The molecule has 0 aromatic heterocycles. The van der Waals surface area contributed by atoms with E-state index in [1.54, 1.807) is 24.3 Å². The molecule has 19 heavy (non-hydrogen) atoms. The van der Waals surface area contributed by atoms with Gasteiger partial charge in [0.25, 0.3) is 0 Å². The number of hydrogen-bond acceptors (Lipinski definition) is 3. The fourth-order valence-corrected chi connectivity index (χ4v) is 1.75. The number of hydrogen-bond donors (Lipinski definition) is 1. The van der Waals surface area contributed by atoms with Gasteiger partial charge in [-0.2, -0.15) is 10.5 Å². The standard InChI is InChI=1S/C15H10FN3/c16-14-6-11(8-17)5-12(7-14)10-19-15-4-2-1-3-13(15)9-18/h1-7,19H,10H2. The molecule has 0 spiro atoms. The lowest BCUT2D eigenvalue weighted by Crippen LogP contribution is -2.02. The molecule has 4 heteroatoms. The van der Waals surface area contributed by atoms with Crippen molar-refractivity contribution in [2.45, 2.75) is 6.54 Å². The number of nitrogens with one attached hydrogen (secondary N) is 1. The van der Waals surface area contributed by atoms with E-state index in [-0.39, 0.29) is 5.56 Å². The first-order valence-corrected chi connectivity index (χ1v) is 5.65. The van der Waals surface area contributed by atoms with Crippen molar-refractivity contribution in [1.29, 1.82) is 10.5 Å². The molecule has 2 aromatic rings. The maximum Gasteiger partial charge on any atom is 0.124 e.